The number of Topliss-reactive ketones (excluding diaryl/α,β-unsaturated/α-hetero) is 1. The Morgan fingerprint density at radius 2 is 1.86 bits per heavy atom. The van der Waals surface area contributed by atoms with E-state index in [1.54, 1.807) is 36.0 Å². The molecule has 0 unspecified atom stereocenters. The summed E-state index contributed by atoms with van der Waals surface area (Å²) in [6.45, 7) is 5.41. The standard InChI is InChI=1S/C18H20N2O2/c1-4-15-7-9-17(10-8-15)19-18(22)13(2)20-11-5-6-16(12-20)14(3)21/h5-13H,4H2,1-3H3/p+1/t13-/m1/s1. The number of carbonyl (C=O) groups is 2. The van der Waals surface area contributed by atoms with Crippen molar-refractivity contribution in [2.45, 2.75) is 33.2 Å². The summed E-state index contributed by atoms with van der Waals surface area (Å²) < 4.78 is 1.74. The van der Waals surface area contributed by atoms with E-state index >= 15 is 0 Å². The van der Waals surface area contributed by atoms with Crippen LogP contribution in [0.2, 0.25) is 0 Å². The van der Waals surface area contributed by atoms with Crippen LogP contribution in [0.3, 0.4) is 0 Å². The molecule has 1 aromatic heterocycles. The van der Waals surface area contributed by atoms with Crippen LogP contribution in [0, 0.1) is 0 Å². The van der Waals surface area contributed by atoms with Gasteiger partial charge in [-0.1, -0.05) is 19.1 Å². The van der Waals surface area contributed by atoms with Crippen LogP contribution < -0.4 is 9.88 Å². The molecule has 0 saturated carbocycles. The zero-order valence-corrected chi connectivity index (χ0v) is 13.2. The first-order valence-corrected chi connectivity index (χ1v) is 7.42. The Morgan fingerprint density at radius 3 is 2.45 bits per heavy atom. The minimum atomic E-state index is -0.398. The quantitative estimate of drug-likeness (QED) is 0.681. The summed E-state index contributed by atoms with van der Waals surface area (Å²) >= 11 is 0. The van der Waals surface area contributed by atoms with E-state index in [-0.39, 0.29) is 11.7 Å². The lowest BCUT2D eigenvalue weighted by molar-refractivity contribution is -0.705. The molecule has 2 aromatic rings. The van der Waals surface area contributed by atoms with Crippen molar-refractivity contribution in [3.8, 4) is 0 Å². The molecule has 1 heterocycles. The van der Waals surface area contributed by atoms with Crippen molar-refractivity contribution < 1.29 is 14.2 Å². The predicted octanol–water partition coefficient (Wildman–Crippen LogP) is 2.94. The number of carbonyl (C=O) groups excluding carboxylic acids is 2. The number of benzene rings is 1. The predicted molar refractivity (Wildman–Crippen MR) is 85.8 cm³/mol. The molecule has 1 amide bonds. The molecule has 0 aliphatic carbocycles. The Hall–Kier alpha value is -2.49. The maximum Gasteiger partial charge on any atom is 0.293 e. The Morgan fingerprint density at radius 1 is 1.18 bits per heavy atom. The molecule has 0 spiro atoms. The van der Waals surface area contributed by atoms with E-state index < -0.39 is 6.04 Å². The van der Waals surface area contributed by atoms with Gasteiger partial charge in [-0.3, -0.25) is 9.59 Å². The highest BCUT2D eigenvalue weighted by molar-refractivity contribution is 5.94. The minimum Gasteiger partial charge on any atom is -0.320 e. The van der Waals surface area contributed by atoms with E-state index in [0.29, 0.717) is 5.56 Å². The zero-order valence-electron chi connectivity index (χ0n) is 13.2. The summed E-state index contributed by atoms with van der Waals surface area (Å²) in [6.07, 6.45) is 4.46. The number of hydrogen-bond donors (Lipinski definition) is 1. The first-order chi connectivity index (χ1) is 10.5. The molecule has 0 fully saturated rings. The highest BCUT2D eigenvalue weighted by Crippen LogP contribution is 2.11. The summed E-state index contributed by atoms with van der Waals surface area (Å²) in [4.78, 5) is 23.8. The third-order valence-corrected chi connectivity index (χ3v) is 3.69. The lowest BCUT2D eigenvalue weighted by Crippen LogP contribution is -2.44. The lowest BCUT2D eigenvalue weighted by atomic mass is 10.1. The molecule has 1 atom stereocenters. The van der Waals surface area contributed by atoms with Crippen molar-refractivity contribution in [3.63, 3.8) is 0 Å². The molecule has 0 bridgehead atoms. The van der Waals surface area contributed by atoms with Gasteiger partial charge in [-0.2, -0.15) is 4.57 Å². The normalized spacial score (nSPS) is 11.8. The fourth-order valence-electron chi connectivity index (χ4n) is 2.15. The monoisotopic (exact) mass is 297 g/mol. The van der Waals surface area contributed by atoms with Crippen molar-refractivity contribution in [2.24, 2.45) is 0 Å². The average molecular weight is 297 g/mol. The van der Waals surface area contributed by atoms with Gasteiger partial charge in [-0.25, -0.2) is 0 Å². The van der Waals surface area contributed by atoms with Crippen molar-refractivity contribution in [3.05, 3.63) is 59.9 Å². The van der Waals surface area contributed by atoms with E-state index in [2.05, 4.69) is 12.2 Å². The molecule has 1 aromatic carbocycles. The molecule has 0 saturated heterocycles. The van der Waals surface area contributed by atoms with Gasteiger partial charge >= 0.3 is 0 Å². The number of pyridine rings is 1. The van der Waals surface area contributed by atoms with E-state index in [4.69, 9.17) is 0 Å². The van der Waals surface area contributed by atoms with E-state index in [9.17, 15) is 9.59 Å². The topological polar surface area (TPSA) is 50.1 Å². The fraction of sp³-hybridized carbons (Fsp3) is 0.278. The van der Waals surface area contributed by atoms with Crippen LogP contribution in [0.15, 0.2) is 48.8 Å². The number of amides is 1. The van der Waals surface area contributed by atoms with Crippen LogP contribution in [0.25, 0.3) is 0 Å². The number of nitrogens with zero attached hydrogens (tertiary/aromatic N) is 1. The van der Waals surface area contributed by atoms with Gasteiger partial charge in [-0.15, -0.1) is 0 Å². The molecule has 0 radical (unpaired) electrons. The van der Waals surface area contributed by atoms with Gasteiger partial charge in [0.1, 0.15) is 0 Å². The van der Waals surface area contributed by atoms with Gasteiger partial charge < -0.3 is 5.32 Å². The molecule has 0 aliphatic heterocycles. The van der Waals surface area contributed by atoms with Gasteiger partial charge in [-0.05, 0) is 37.1 Å². The fourth-order valence-corrected chi connectivity index (χ4v) is 2.15. The first-order valence-electron chi connectivity index (χ1n) is 7.42. The molecule has 2 rings (SSSR count). The van der Waals surface area contributed by atoms with Crippen LogP contribution in [-0.2, 0) is 11.2 Å². The Balaban J connectivity index is 2.11. The van der Waals surface area contributed by atoms with Gasteiger partial charge in [0, 0.05) is 18.7 Å². The summed E-state index contributed by atoms with van der Waals surface area (Å²) in [5, 5.41) is 2.90. The molecule has 114 valence electrons. The maximum absolute atomic E-state index is 12.3. The lowest BCUT2D eigenvalue weighted by Gasteiger charge is -2.09. The highest BCUT2D eigenvalue weighted by atomic mass is 16.2. The number of rotatable bonds is 5. The smallest absolute Gasteiger partial charge is 0.293 e. The molecule has 22 heavy (non-hydrogen) atoms. The van der Waals surface area contributed by atoms with Crippen molar-refractivity contribution in [1.29, 1.82) is 0 Å². The number of aromatic nitrogens is 1. The second-order valence-corrected chi connectivity index (χ2v) is 5.31. The number of aryl methyl sites for hydroxylation is 1. The van der Waals surface area contributed by atoms with Gasteiger partial charge in [0.2, 0.25) is 6.04 Å². The largest absolute Gasteiger partial charge is 0.320 e. The molecule has 0 aliphatic rings. The number of ketones is 1. The molecule has 4 nitrogen and oxygen atoms in total. The molecular formula is C18H21N2O2+. The van der Waals surface area contributed by atoms with Crippen molar-refractivity contribution >= 4 is 17.4 Å². The Bertz CT molecular complexity index is 678. The number of hydrogen-bond acceptors (Lipinski definition) is 2. The van der Waals surface area contributed by atoms with Crippen LogP contribution in [-0.4, -0.2) is 11.7 Å². The first kappa shape index (κ1) is 15.9. The van der Waals surface area contributed by atoms with E-state index in [0.717, 1.165) is 12.1 Å². The summed E-state index contributed by atoms with van der Waals surface area (Å²) in [7, 11) is 0. The van der Waals surface area contributed by atoms with Gasteiger partial charge in [0.15, 0.2) is 18.2 Å². The van der Waals surface area contributed by atoms with Crippen LogP contribution in [0.5, 0.6) is 0 Å². The molecular weight excluding hydrogens is 276 g/mol. The third kappa shape index (κ3) is 3.79. The van der Waals surface area contributed by atoms with E-state index in [1.807, 2.05) is 24.3 Å². The second kappa shape index (κ2) is 6.98. The van der Waals surface area contributed by atoms with Crippen molar-refractivity contribution in [2.75, 3.05) is 5.32 Å². The highest BCUT2D eigenvalue weighted by Gasteiger charge is 2.22. The maximum atomic E-state index is 12.3. The van der Waals surface area contributed by atoms with Crippen LogP contribution in [0.1, 0.15) is 42.7 Å². The Labute approximate surface area is 130 Å². The van der Waals surface area contributed by atoms with Crippen molar-refractivity contribution in [1.82, 2.24) is 0 Å². The summed E-state index contributed by atoms with van der Waals surface area (Å²) in [5.74, 6) is -0.132. The molecule has 4 heteroatoms. The Kier molecular flexibility index (Phi) is 5.04. The average Bonchev–Trinajstić information content (AvgIpc) is 2.54. The number of nitrogens with one attached hydrogen (secondary N) is 1. The minimum absolute atomic E-state index is 0.0166. The van der Waals surface area contributed by atoms with Gasteiger partial charge in [0.25, 0.3) is 5.91 Å². The third-order valence-electron chi connectivity index (χ3n) is 3.69. The summed E-state index contributed by atoms with van der Waals surface area (Å²) in [6, 6.07) is 10.9. The second-order valence-electron chi connectivity index (χ2n) is 5.31. The van der Waals surface area contributed by atoms with Crippen LogP contribution in [0.4, 0.5) is 5.69 Å². The van der Waals surface area contributed by atoms with Gasteiger partial charge in [0.05, 0.1) is 5.56 Å². The summed E-state index contributed by atoms with van der Waals surface area (Å²) in [5.41, 5.74) is 2.60. The zero-order chi connectivity index (χ0) is 16.1. The molecule has 1 N–H and O–H groups in total. The van der Waals surface area contributed by atoms with E-state index in [1.165, 1.54) is 12.5 Å². The number of anilines is 1. The SMILES string of the molecule is CCc1ccc(NC(=O)[C@@H](C)[n+]2cccc(C(C)=O)c2)cc1. The van der Waals surface area contributed by atoms with Crippen LogP contribution >= 0.6 is 0 Å².